The Balaban J connectivity index is 2.46. The predicted octanol–water partition coefficient (Wildman–Crippen LogP) is 1.96. The van der Waals surface area contributed by atoms with Crippen molar-refractivity contribution in [3.63, 3.8) is 0 Å². The lowest BCUT2D eigenvalue weighted by atomic mass is 10.1. The van der Waals surface area contributed by atoms with E-state index in [2.05, 4.69) is 0 Å². The van der Waals surface area contributed by atoms with E-state index in [-0.39, 0.29) is 34.8 Å². The van der Waals surface area contributed by atoms with Crippen molar-refractivity contribution in [2.24, 2.45) is 0 Å². The summed E-state index contributed by atoms with van der Waals surface area (Å²) in [5.74, 6) is -3.38. The molecule has 0 spiro atoms. The molecule has 0 unspecified atom stereocenters. The van der Waals surface area contributed by atoms with Crippen molar-refractivity contribution in [3.05, 3.63) is 33.6 Å². The number of hydrogen-bond acceptors (Lipinski definition) is 5. The fraction of sp³-hybridized carbons (Fsp3) is 0.333. The molecule has 0 radical (unpaired) electrons. The summed E-state index contributed by atoms with van der Waals surface area (Å²) in [4.78, 5) is 24.5. The van der Waals surface area contributed by atoms with Crippen LogP contribution in [0.2, 0.25) is 0 Å². The normalized spacial score (nSPS) is 14.2. The number of ether oxygens (including phenoxy) is 1. The van der Waals surface area contributed by atoms with E-state index < -0.39 is 28.7 Å². The van der Waals surface area contributed by atoms with Crippen molar-refractivity contribution >= 4 is 28.2 Å². The maximum Gasteiger partial charge on any atom is 0.343 e. The fourth-order valence-corrected chi connectivity index (χ4v) is 2.58. The van der Waals surface area contributed by atoms with E-state index in [1.807, 2.05) is 0 Å². The van der Waals surface area contributed by atoms with Crippen LogP contribution in [0.4, 0.5) is 20.2 Å². The van der Waals surface area contributed by atoms with E-state index in [9.17, 15) is 18.4 Å². The first-order chi connectivity index (χ1) is 10.9. The zero-order valence-electron chi connectivity index (χ0n) is 12.4. The Labute approximate surface area is 129 Å². The lowest BCUT2D eigenvalue weighted by Crippen LogP contribution is -2.23. The quantitative estimate of drug-likeness (QED) is 0.664. The van der Waals surface area contributed by atoms with Gasteiger partial charge in [0.05, 0.1) is 28.9 Å². The largest absolute Gasteiger partial charge is 0.462 e. The molecule has 2 aromatic rings. The number of nitrogens with two attached hydrogens (primary N) is 2. The van der Waals surface area contributed by atoms with E-state index in [0.717, 1.165) is 12.8 Å². The number of nitrogens with zero attached hydrogens (tertiary/aromatic N) is 1. The molecule has 1 fully saturated rings. The third-order valence-electron chi connectivity index (χ3n) is 3.87. The van der Waals surface area contributed by atoms with Crippen molar-refractivity contribution in [1.29, 1.82) is 0 Å². The van der Waals surface area contributed by atoms with Gasteiger partial charge in [-0.1, -0.05) is 0 Å². The Kier molecular flexibility index (Phi) is 3.46. The van der Waals surface area contributed by atoms with Crippen LogP contribution in [0, 0.1) is 11.6 Å². The average molecular weight is 323 g/mol. The number of hydrogen-bond donors (Lipinski definition) is 2. The van der Waals surface area contributed by atoms with E-state index in [1.165, 1.54) is 10.8 Å². The molecular weight excluding hydrogens is 308 g/mol. The van der Waals surface area contributed by atoms with Gasteiger partial charge >= 0.3 is 5.97 Å². The highest BCUT2D eigenvalue weighted by atomic mass is 19.2. The van der Waals surface area contributed by atoms with Crippen LogP contribution < -0.4 is 16.9 Å². The molecule has 3 rings (SSSR count). The maximum absolute atomic E-state index is 14.4. The molecule has 4 N–H and O–H groups in total. The lowest BCUT2D eigenvalue weighted by Gasteiger charge is -2.16. The smallest absolute Gasteiger partial charge is 0.343 e. The number of nitrogen functional groups attached to an aromatic ring is 2. The second-order valence-corrected chi connectivity index (χ2v) is 5.41. The molecule has 1 aliphatic rings. The van der Waals surface area contributed by atoms with Gasteiger partial charge in [0.2, 0.25) is 5.43 Å². The molecule has 1 heterocycles. The highest BCUT2D eigenvalue weighted by molar-refractivity contribution is 6.01. The van der Waals surface area contributed by atoms with Crippen LogP contribution in [-0.2, 0) is 4.74 Å². The minimum atomic E-state index is -1.30. The third kappa shape index (κ3) is 2.21. The van der Waals surface area contributed by atoms with Gasteiger partial charge in [0.15, 0.2) is 11.6 Å². The number of pyridine rings is 1. The van der Waals surface area contributed by atoms with Crippen LogP contribution >= 0.6 is 0 Å². The summed E-state index contributed by atoms with van der Waals surface area (Å²) in [6.07, 6.45) is 2.66. The molecule has 8 heteroatoms. The van der Waals surface area contributed by atoms with Gasteiger partial charge in [-0.2, -0.15) is 0 Å². The number of anilines is 2. The summed E-state index contributed by atoms with van der Waals surface area (Å²) in [5, 5.41) is -0.293. The Hall–Kier alpha value is -2.64. The van der Waals surface area contributed by atoms with Gasteiger partial charge in [0.25, 0.3) is 0 Å². The van der Waals surface area contributed by atoms with Crippen molar-refractivity contribution in [2.75, 3.05) is 18.1 Å². The second-order valence-electron chi connectivity index (χ2n) is 5.41. The molecule has 0 saturated heterocycles. The second kappa shape index (κ2) is 5.22. The third-order valence-corrected chi connectivity index (χ3v) is 3.87. The molecule has 23 heavy (non-hydrogen) atoms. The Morgan fingerprint density at radius 2 is 1.96 bits per heavy atom. The molecule has 0 bridgehead atoms. The van der Waals surface area contributed by atoms with Crippen LogP contribution in [0.1, 0.15) is 36.2 Å². The topological polar surface area (TPSA) is 100 Å². The lowest BCUT2D eigenvalue weighted by molar-refractivity contribution is 0.0524. The van der Waals surface area contributed by atoms with Crippen LogP contribution in [-0.4, -0.2) is 17.1 Å². The van der Waals surface area contributed by atoms with Crippen molar-refractivity contribution in [1.82, 2.24) is 4.57 Å². The number of carbonyl (C=O) groups is 1. The van der Waals surface area contributed by atoms with E-state index >= 15 is 0 Å². The molecule has 0 atom stereocenters. The molecule has 0 amide bonds. The summed E-state index contributed by atoms with van der Waals surface area (Å²) in [7, 11) is 0. The highest BCUT2D eigenvalue weighted by Gasteiger charge is 2.31. The van der Waals surface area contributed by atoms with Crippen LogP contribution in [0.15, 0.2) is 11.0 Å². The minimum Gasteiger partial charge on any atom is -0.462 e. The predicted molar refractivity (Wildman–Crippen MR) is 81.2 cm³/mol. The summed E-state index contributed by atoms with van der Waals surface area (Å²) < 4.78 is 34.5. The molecule has 1 aromatic heterocycles. The summed E-state index contributed by atoms with van der Waals surface area (Å²) in [5.41, 5.74) is 8.79. The van der Waals surface area contributed by atoms with Crippen molar-refractivity contribution < 1.29 is 18.3 Å². The van der Waals surface area contributed by atoms with Crippen molar-refractivity contribution in [2.45, 2.75) is 25.8 Å². The zero-order chi connectivity index (χ0) is 16.9. The monoisotopic (exact) mass is 323 g/mol. The van der Waals surface area contributed by atoms with Crippen molar-refractivity contribution in [3.8, 4) is 0 Å². The van der Waals surface area contributed by atoms with Gasteiger partial charge < -0.3 is 20.8 Å². The molecule has 1 aliphatic carbocycles. The number of carbonyl (C=O) groups excluding carboxylic acids is 1. The van der Waals surface area contributed by atoms with Gasteiger partial charge in [0.1, 0.15) is 5.56 Å². The first kappa shape index (κ1) is 15.3. The van der Waals surface area contributed by atoms with E-state index in [1.54, 1.807) is 6.92 Å². The number of fused-ring (bicyclic) bond motifs is 1. The Morgan fingerprint density at radius 1 is 1.30 bits per heavy atom. The number of rotatable bonds is 3. The van der Waals surface area contributed by atoms with Crippen LogP contribution in [0.25, 0.3) is 10.9 Å². The first-order valence-electron chi connectivity index (χ1n) is 7.16. The molecule has 0 aliphatic heterocycles. The molecule has 6 nitrogen and oxygen atoms in total. The molecule has 1 saturated carbocycles. The SMILES string of the molecule is CCOC(=O)c1cn(C2CC2)c2c(F)c(F)c(N)c(N)c2c1=O. The fourth-order valence-electron chi connectivity index (χ4n) is 2.58. The van der Waals surface area contributed by atoms with Gasteiger partial charge in [0, 0.05) is 12.2 Å². The maximum atomic E-state index is 14.4. The standard InChI is InChI=1S/C15H15F2N3O3/c1-2-23-15(22)7-5-20(6-3-4-6)13-8(14(7)21)11(18)12(19)9(16)10(13)17/h5-6H,2-4,18-19H2,1H3. The average Bonchev–Trinajstić information content (AvgIpc) is 3.35. The van der Waals surface area contributed by atoms with Gasteiger partial charge in [-0.15, -0.1) is 0 Å². The Bertz CT molecular complexity index is 888. The zero-order valence-corrected chi connectivity index (χ0v) is 12.4. The number of aromatic nitrogens is 1. The van der Waals surface area contributed by atoms with Gasteiger partial charge in [-0.3, -0.25) is 4.79 Å². The summed E-state index contributed by atoms with van der Waals surface area (Å²) >= 11 is 0. The van der Waals surface area contributed by atoms with E-state index in [4.69, 9.17) is 16.2 Å². The van der Waals surface area contributed by atoms with E-state index in [0.29, 0.717) is 0 Å². The van der Waals surface area contributed by atoms with Crippen LogP contribution in [0.3, 0.4) is 0 Å². The number of esters is 1. The Morgan fingerprint density at radius 3 is 2.52 bits per heavy atom. The minimum absolute atomic E-state index is 0.0785. The van der Waals surface area contributed by atoms with Crippen LogP contribution in [0.5, 0.6) is 0 Å². The number of benzene rings is 1. The summed E-state index contributed by atoms with van der Waals surface area (Å²) in [6.45, 7) is 1.68. The first-order valence-corrected chi connectivity index (χ1v) is 7.16. The molecular formula is C15H15F2N3O3. The summed E-state index contributed by atoms with van der Waals surface area (Å²) in [6, 6.07) is -0.122. The van der Waals surface area contributed by atoms with Gasteiger partial charge in [-0.05, 0) is 19.8 Å². The number of halogens is 2. The molecule has 1 aromatic carbocycles. The highest BCUT2D eigenvalue weighted by Crippen LogP contribution is 2.40. The molecule has 122 valence electrons. The van der Waals surface area contributed by atoms with Gasteiger partial charge in [-0.25, -0.2) is 13.6 Å².